The van der Waals surface area contributed by atoms with Crippen LogP contribution >= 0.6 is 0 Å². The van der Waals surface area contributed by atoms with Crippen LogP contribution in [0.4, 0.5) is 0 Å². The number of nitrogens with zero attached hydrogens (tertiary/aromatic N) is 2. The van der Waals surface area contributed by atoms with Gasteiger partial charge in [-0.25, -0.2) is 0 Å². The van der Waals surface area contributed by atoms with Crippen LogP contribution in [0.2, 0.25) is 0 Å². The van der Waals surface area contributed by atoms with Crippen LogP contribution in [-0.2, 0) is 0 Å². The summed E-state index contributed by atoms with van der Waals surface area (Å²) < 4.78 is 0. The van der Waals surface area contributed by atoms with Crippen LogP contribution < -0.4 is 11.3 Å². The summed E-state index contributed by atoms with van der Waals surface area (Å²) >= 11 is 0. The molecule has 98 valence electrons. The Kier molecular flexibility index (Phi) is 6.53. The first-order valence-corrected chi connectivity index (χ1v) is 6.42. The SMILES string of the molecule is CC#CCCC(CC1CN(C)CCN1C)NN. The van der Waals surface area contributed by atoms with Gasteiger partial charge >= 0.3 is 0 Å². The second-order valence-corrected chi connectivity index (χ2v) is 4.96. The van der Waals surface area contributed by atoms with Crippen molar-refractivity contribution in [3.8, 4) is 11.8 Å². The molecule has 0 aromatic heterocycles. The van der Waals surface area contributed by atoms with Gasteiger partial charge in [-0.2, -0.15) is 0 Å². The topological polar surface area (TPSA) is 44.5 Å². The second kappa shape index (κ2) is 7.67. The van der Waals surface area contributed by atoms with Crippen LogP contribution in [0, 0.1) is 11.8 Å². The molecule has 2 atom stereocenters. The molecule has 0 aliphatic carbocycles. The first kappa shape index (κ1) is 14.5. The maximum Gasteiger partial charge on any atom is 0.0235 e. The molecule has 0 amide bonds. The molecule has 0 bridgehead atoms. The average Bonchev–Trinajstić information content (AvgIpc) is 2.32. The van der Waals surface area contributed by atoms with Crippen molar-refractivity contribution in [2.75, 3.05) is 33.7 Å². The normalized spacial score (nSPS) is 24.1. The Morgan fingerprint density at radius 3 is 2.82 bits per heavy atom. The van der Waals surface area contributed by atoms with Crippen molar-refractivity contribution in [2.45, 2.75) is 38.3 Å². The standard InChI is InChI=1S/C13H26N4/c1-4-5-6-7-12(15-14)10-13-11-16(2)8-9-17(13)3/h12-13,15H,6-11,14H2,1-3H3. The van der Waals surface area contributed by atoms with E-state index in [1.54, 1.807) is 0 Å². The lowest BCUT2D eigenvalue weighted by Gasteiger charge is -2.39. The smallest absolute Gasteiger partial charge is 0.0235 e. The Balaban J connectivity index is 2.39. The van der Waals surface area contributed by atoms with Crippen molar-refractivity contribution < 1.29 is 0 Å². The zero-order chi connectivity index (χ0) is 12.7. The summed E-state index contributed by atoms with van der Waals surface area (Å²) in [5, 5.41) is 0. The van der Waals surface area contributed by atoms with Crippen LogP contribution in [0.5, 0.6) is 0 Å². The number of likely N-dealkylation sites (N-methyl/N-ethyl adjacent to an activating group) is 2. The van der Waals surface area contributed by atoms with Crippen molar-refractivity contribution >= 4 is 0 Å². The first-order chi connectivity index (χ1) is 8.17. The van der Waals surface area contributed by atoms with Crippen LogP contribution in [0.15, 0.2) is 0 Å². The molecule has 1 aliphatic rings. The van der Waals surface area contributed by atoms with E-state index in [9.17, 15) is 0 Å². The van der Waals surface area contributed by atoms with Gasteiger partial charge in [-0.3, -0.25) is 11.3 Å². The molecule has 4 heteroatoms. The number of rotatable bonds is 5. The van der Waals surface area contributed by atoms with Crippen LogP contribution in [-0.4, -0.2) is 55.6 Å². The quantitative estimate of drug-likeness (QED) is 0.410. The van der Waals surface area contributed by atoms with E-state index in [1.807, 2.05) is 6.92 Å². The highest BCUT2D eigenvalue weighted by atomic mass is 15.3. The molecule has 0 aromatic carbocycles. The fraction of sp³-hybridized carbons (Fsp3) is 0.846. The fourth-order valence-electron chi connectivity index (χ4n) is 2.32. The minimum atomic E-state index is 0.370. The minimum Gasteiger partial charge on any atom is -0.304 e. The highest BCUT2D eigenvalue weighted by Gasteiger charge is 2.24. The highest BCUT2D eigenvalue weighted by Crippen LogP contribution is 2.13. The van der Waals surface area contributed by atoms with Crippen LogP contribution in [0.3, 0.4) is 0 Å². The van der Waals surface area contributed by atoms with Crippen molar-refractivity contribution in [1.29, 1.82) is 0 Å². The highest BCUT2D eigenvalue weighted by molar-refractivity contribution is 4.96. The molecule has 0 aromatic rings. The molecule has 4 nitrogen and oxygen atoms in total. The van der Waals surface area contributed by atoms with Gasteiger partial charge in [-0.1, -0.05) is 0 Å². The second-order valence-electron chi connectivity index (χ2n) is 4.96. The third-order valence-corrected chi connectivity index (χ3v) is 3.57. The minimum absolute atomic E-state index is 0.370. The molecular formula is C13H26N4. The third-order valence-electron chi connectivity index (χ3n) is 3.57. The number of hydrazine groups is 1. The van der Waals surface area contributed by atoms with Gasteiger partial charge in [-0.15, -0.1) is 11.8 Å². The van der Waals surface area contributed by atoms with Crippen molar-refractivity contribution in [2.24, 2.45) is 5.84 Å². The summed E-state index contributed by atoms with van der Waals surface area (Å²) in [7, 11) is 4.39. The number of piperazine rings is 1. The fourth-order valence-corrected chi connectivity index (χ4v) is 2.32. The van der Waals surface area contributed by atoms with E-state index < -0.39 is 0 Å². The summed E-state index contributed by atoms with van der Waals surface area (Å²) in [6.45, 7) is 5.32. The summed E-state index contributed by atoms with van der Waals surface area (Å²) in [5.41, 5.74) is 2.93. The van der Waals surface area contributed by atoms with E-state index in [4.69, 9.17) is 5.84 Å². The molecule has 0 radical (unpaired) electrons. The van der Waals surface area contributed by atoms with Gasteiger partial charge < -0.3 is 9.80 Å². The Hall–Kier alpha value is -0.600. The largest absolute Gasteiger partial charge is 0.304 e. The Morgan fingerprint density at radius 2 is 2.18 bits per heavy atom. The lowest BCUT2D eigenvalue weighted by molar-refractivity contribution is 0.100. The Labute approximate surface area is 105 Å². The molecule has 2 unspecified atom stereocenters. The predicted octanol–water partition coefficient (Wildman–Crippen LogP) is 0.258. The van der Waals surface area contributed by atoms with E-state index in [-0.39, 0.29) is 0 Å². The lowest BCUT2D eigenvalue weighted by atomic mass is 10.0. The van der Waals surface area contributed by atoms with E-state index in [1.165, 1.54) is 0 Å². The van der Waals surface area contributed by atoms with Crippen LogP contribution in [0.25, 0.3) is 0 Å². The molecule has 1 heterocycles. The maximum absolute atomic E-state index is 5.62. The zero-order valence-corrected chi connectivity index (χ0v) is 11.4. The molecule has 3 N–H and O–H groups in total. The molecule has 1 aliphatic heterocycles. The van der Waals surface area contributed by atoms with E-state index in [2.05, 4.69) is 41.2 Å². The van der Waals surface area contributed by atoms with E-state index in [0.717, 1.165) is 38.9 Å². The van der Waals surface area contributed by atoms with E-state index >= 15 is 0 Å². The molecule has 1 fully saturated rings. The number of nitrogens with one attached hydrogen (secondary N) is 1. The average molecular weight is 238 g/mol. The molecular weight excluding hydrogens is 212 g/mol. The van der Waals surface area contributed by atoms with Crippen molar-refractivity contribution in [3.63, 3.8) is 0 Å². The molecule has 17 heavy (non-hydrogen) atoms. The number of hydrogen-bond donors (Lipinski definition) is 2. The third kappa shape index (κ3) is 5.05. The molecule has 1 rings (SSSR count). The Bertz CT molecular complexity index is 268. The van der Waals surface area contributed by atoms with Gasteiger partial charge in [0.05, 0.1) is 0 Å². The molecule has 0 spiro atoms. The van der Waals surface area contributed by atoms with Gasteiger partial charge in [0, 0.05) is 38.1 Å². The predicted molar refractivity (Wildman–Crippen MR) is 72.3 cm³/mol. The van der Waals surface area contributed by atoms with Crippen molar-refractivity contribution in [3.05, 3.63) is 0 Å². The number of hydrogen-bond acceptors (Lipinski definition) is 4. The van der Waals surface area contributed by atoms with Crippen molar-refractivity contribution in [1.82, 2.24) is 15.2 Å². The summed E-state index contributed by atoms with van der Waals surface area (Å²) in [6, 6.07) is 0.971. The lowest BCUT2D eigenvalue weighted by Crippen LogP contribution is -2.52. The molecule has 0 saturated carbocycles. The van der Waals surface area contributed by atoms with Gasteiger partial charge in [-0.05, 0) is 33.9 Å². The van der Waals surface area contributed by atoms with Gasteiger partial charge in [0.15, 0.2) is 0 Å². The summed E-state index contributed by atoms with van der Waals surface area (Å²) in [6.07, 6.45) is 3.06. The first-order valence-electron chi connectivity index (χ1n) is 6.42. The Morgan fingerprint density at radius 1 is 1.41 bits per heavy atom. The van der Waals surface area contributed by atoms with Gasteiger partial charge in [0.2, 0.25) is 0 Å². The van der Waals surface area contributed by atoms with E-state index in [0.29, 0.717) is 12.1 Å². The van der Waals surface area contributed by atoms with Crippen LogP contribution in [0.1, 0.15) is 26.2 Å². The summed E-state index contributed by atoms with van der Waals surface area (Å²) in [4.78, 5) is 4.83. The monoisotopic (exact) mass is 238 g/mol. The maximum atomic E-state index is 5.62. The number of nitrogens with two attached hydrogens (primary N) is 1. The van der Waals surface area contributed by atoms with Gasteiger partial charge in [0.1, 0.15) is 0 Å². The zero-order valence-electron chi connectivity index (χ0n) is 11.4. The molecule has 1 saturated heterocycles. The van der Waals surface area contributed by atoms with Gasteiger partial charge in [0.25, 0.3) is 0 Å². The summed E-state index contributed by atoms with van der Waals surface area (Å²) in [5.74, 6) is 11.7.